The number of benzene rings is 2. The van der Waals surface area contributed by atoms with Gasteiger partial charge >= 0.3 is 0 Å². The van der Waals surface area contributed by atoms with Crippen molar-refractivity contribution in [1.82, 2.24) is 0 Å². The third-order valence-electron chi connectivity index (χ3n) is 2.64. The quantitative estimate of drug-likeness (QED) is 0.901. The molecular formula is C14H8BrF3N2. The van der Waals surface area contributed by atoms with Gasteiger partial charge in [-0.3, -0.25) is 0 Å². The molecule has 0 atom stereocenters. The van der Waals surface area contributed by atoms with Crippen LogP contribution in [0.15, 0.2) is 34.8 Å². The molecule has 0 fully saturated rings. The number of nitriles is 1. The fraction of sp³-hybridized carbons (Fsp3) is 0.0714. The summed E-state index contributed by atoms with van der Waals surface area (Å²) in [5.74, 6) is -2.04. The lowest BCUT2D eigenvalue weighted by molar-refractivity contribution is 0.582. The van der Waals surface area contributed by atoms with Gasteiger partial charge in [0.15, 0.2) is 0 Å². The van der Waals surface area contributed by atoms with Gasteiger partial charge in [0.25, 0.3) is 0 Å². The first-order chi connectivity index (χ1) is 9.51. The molecule has 0 heterocycles. The first-order valence-electron chi connectivity index (χ1n) is 5.58. The highest BCUT2D eigenvalue weighted by atomic mass is 79.9. The Morgan fingerprint density at radius 2 is 1.85 bits per heavy atom. The summed E-state index contributed by atoms with van der Waals surface area (Å²) < 4.78 is 40.4. The van der Waals surface area contributed by atoms with E-state index in [1.165, 1.54) is 12.1 Å². The molecule has 0 spiro atoms. The molecule has 6 heteroatoms. The van der Waals surface area contributed by atoms with Crippen LogP contribution in [-0.2, 0) is 6.54 Å². The fourth-order valence-corrected chi connectivity index (χ4v) is 2.20. The lowest BCUT2D eigenvalue weighted by Gasteiger charge is -2.10. The molecule has 0 saturated carbocycles. The molecule has 2 aromatic carbocycles. The molecule has 102 valence electrons. The van der Waals surface area contributed by atoms with Crippen LogP contribution in [0.3, 0.4) is 0 Å². The molecule has 0 radical (unpaired) electrons. The zero-order valence-corrected chi connectivity index (χ0v) is 11.6. The van der Waals surface area contributed by atoms with Crippen LogP contribution < -0.4 is 5.32 Å². The number of anilines is 1. The second-order valence-electron chi connectivity index (χ2n) is 4.02. The monoisotopic (exact) mass is 340 g/mol. The van der Waals surface area contributed by atoms with Crippen molar-refractivity contribution in [2.24, 2.45) is 0 Å². The maximum atomic E-state index is 13.6. The van der Waals surface area contributed by atoms with Crippen molar-refractivity contribution >= 4 is 21.6 Å². The van der Waals surface area contributed by atoms with Crippen LogP contribution in [-0.4, -0.2) is 0 Å². The first kappa shape index (κ1) is 14.4. The van der Waals surface area contributed by atoms with Gasteiger partial charge in [0, 0.05) is 22.6 Å². The summed E-state index contributed by atoms with van der Waals surface area (Å²) in [6.45, 7) is 0.0126. The third kappa shape index (κ3) is 3.11. The highest BCUT2D eigenvalue weighted by Gasteiger charge is 2.10. The Morgan fingerprint density at radius 3 is 2.45 bits per heavy atom. The largest absolute Gasteiger partial charge is 0.378 e. The van der Waals surface area contributed by atoms with Crippen LogP contribution in [0.25, 0.3) is 0 Å². The number of rotatable bonds is 3. The summed E-state index contributed by atoms with van der Waals surface area (Å²) in [6, 6.07) is 7.69. The highest BCUT2D eigenvalue weighted by molar-refractivity contribution is 9.10. The summed E-state index contributed by atoms with van der Waals surface area (Å²) in [4.78, 5) is 0. The zero-order chi connectivity index (χ0) is 14.7. The van der Waals surface area contributed by atoms with Crippen LogP contribution in [0.5, 0.6) is 0 Å². The summed E-state index contributed by atoms with van der Waals surface area (Å²) in [7, 11) is 0. The van der Waals surface area contributed by atoms with Crippen LogP contribution in [0.4, 0.5) is 18.9 Å². The molecule has 0 saturated heterocycles. The van der Waals surface area contributed by atoms with Gasteiger partial charge in [-0.05, 0) is 34.1 Å². The van der Waals surface area contributed by atoms with Crippen molar-refractivity contribution in [3.8, 4) is 6.07 Å². The molecular weight excluding hydrogens is 333 g/mol. The maximum Gasteiger partial charge on any atom is 0.150 e. The van der Waals surface area contributed by atoms with E-state index in [9.17, 15) is 13.2 Å². The summed E-state index contributed by atoms with van der Waals surface area (Å²) >= 11 is 3.03. The van der Waals surface area contributed by atoms with E-state index in [0.717, 1.165) is 18.2 Å². The number of hydrogen-bond acceptors (Lipinski definition) is 2. The highest BCUT2D eigenvalue weighted by Crippen LogP contribution is 2.27. The van der Waals surface area contributed by atoms with Gasteiger partial charge in [0.1, 0.15) is 17.5 Å². The lowest BCUT2D eigenvalue weighted by Crippen LogP contribution is -2.05. The predicted molar refractivity (Wildman–Crippen MR) is 72.5 cm³/mol. The van der Waals surface area contributed by atoms with Crippen LogP contribution in [0.1, 0.15) is 11.1 Å². The molecule has 2 nitrogen and oxygen atoms in total. The Bertz CT molecular complexity index is 672. The number of nitrogens with zero attached hydrogens (tertiary/aromatic N) is 1. The Labute approximate surface area is 122 Å². The minimum absolute atomic E-state index is 0.0126. The summed E-state index contributed by atoms with van der Waals surface area (Å²) in [5, 5.41) is 11.3. The number of nitrogens with one attached hydrogen (secondary N) is 1. The second-order valence-corrected chi connectivity index (χ2v) is 4.87. The van der Waals surface area contributed by atoms with Gasteiger partial charge in [-0.1, -0.05) is 6.07 Å². The van der Waals surface area contributed by atoms with E-state index < -0.39 is 17.5 Å². The van der Waals surface area contributed by atoms with E-state index in [1.54, 1.807) is 0 Å². The second kappa shape index (κ2) is 5.97. The number of halogens is 4. The Balaban J connectivity index is 2.20. The van der Waals surface area contributed by atoms with Crippen molar-refractivity contribution in [1.29, 1.82) is 5.26 Å². The van der Waals surface area contributed by atoms with Crippen LogP contribution in [0.2, 0.25) is 0 Å². The smallest absolute Gasteiger partial charge is 0.150 e. The van der Waals surface area contributed by atoms with Crippen molar-refractivity contribution in [3.63, 3.8) is 0 Å². The van der Waals surface area contributed by atoms with E-state index in [1.807, 2.05) is 6.07 Å². The van der Waals surface area contributed by atoms with Crippen molar-refractivity contribution < 1.29 is 13.2 Å². The van der Waals surface area contributed by atoms with Gasteiger partial charge in [0.2, 0.25) is 0 Å². The van der Waals surface area contributed by atoms with Crippen molar-refractivity contribution in [2.75, 3.05) is 5.32 Å². The average Bonchev–Trinajstić information content (AvgIpc) is 2.39. The lowest BCUT2D eigenvalue weighted by atomic mass is 10.1. The van der Waals surface area contributed by atoms with E-state index >= 15 is 0 Å². The van der Waals surface area contributed by atoms with Gasteiger partial charge in [-0.15, -0.1) is 0 Å². The van der Waals surface area contributed by atoms with Crippen molar-refractivity contribution in [2.45, 2.75) is 6.54 Å². The van der Waals surface area contributed by atoms with Gasteiger partial charge in [-0.25, -0.2) is 13.2 Å². The maximum absolute atomic E-state index is 13.6. The van der Waals surface area contributed by atoms with Crippen molar-refractivity contribution in [3.05, 3.63) is 63.4 Å². The van der Waals surface area contributed by atoms with Crippen LogP contribution in [0, 0.1) is 28.8 Å². The standard InChI is InChI=1S/C14H8BrF3N2/c15-11-4-10(16)5-13(18)14(11)20-7-9-2-1-8(6-19)3-12(9)17/h1-5,20H,7H2. The number of hydrogen-bond donors (Lipinski definition) is 1. The van der Waals surface area contributed by atoms with Gasteiger partial charge in [-0.2, -0.15) is 5.26 Å². The molecule has 1 N–H and O–H groups in total. The Hall–Kier alpha value is -2.00. The molecule has 0 aliphatic heterocycles. The molecule has 2 rings (SSSR count). The predicted octanol–water partition coefficient (Wildman–Crippen LogP) is 4.35. The molecule has 0 unspecified atom stereocenters. The van der Waals surface area contributed by atoms with E-state index in [0.29, 0.717) is 0 Å². The van der Waals surface area contributed by atoms with E-state index in [-0.39, 0.29) is 27.8 Å². The minimum atomic E-state index is -0.772. The normalized spacial score (nSPS) is 10.2. The fourth-order valence-electron chi connectivity index (χ4n) is 1.65. The van der Waals surface area contributed by atoms with Gasteiger partial charge < -0.3 is 5.32 Å². The Kier molecular flexibility index (Phi) is 4.30. The topological polar surface area (TPSA) is 35.8 Å². The van der Waals surface area contributed by atoms with E-state index in [4.69, 9.17) is 5.26 Å². The minimum Gasteiger partial charge on any atom is -0.378 e. The molecule has 0 aliphatic carbocycles. The van der Waals surface area contributed by atoms with Gasteiger partial charge in [0.05, 0.1) is 17.3 Å². The first-order valence-corrected chi connectivity index (χ1v) is 6.37. The zero-order valence-electron chi connectivity index (χ0n) is 10.1. The SMILES string of the molecule is N#Cc1ccc(CNc2c(F)cc(F)cc2Br)c(F)c1. The molecule has 20 heavy (non-hydrogen) atoms. The molecule has 2 aromatic rings. The Morgan fingerprint density at radius 1 is 1.10 bits per heavy atom. The molecule has 0 aromatic heterocycles. The molecule has 0 aliphatic rings. The average molecular weight is 341 g/mol. The third-order valence-corrected chi connectivity index (χ3v) is 3.27. The molecule has 0 bridgehead atoms. The van der Waals surface area contributed by atoms with E-state index in [2.05, 4.69) is 21.2 Å². The molecule has 0 amide bonds. The summed E-state index contributed by atoms with van der Waals surface area (Å²) in [6.07, 6.45) is 0. The summed E-state index contributed by atoms with van der Waals surface area (Å²) in [5.41, 5.74) is 0.537. The van der Waals surface area contributed by atoms with Crippen LogP contribution >= 0.6 is 15.9 Å².